The van der Waals surface area contributed by atoms with E-state index in [1.807, 2.05) is 6.92 Å². The molecule has 0 N–H and O–H groups in total. The van der Waals surface area contributed by atoms with Gasteiger partial charge >= 0.3 is 11.9 Å². The van der Waals surface area contributed by atoms with E-state index >= 15 is 0 Å². The quantitative estimate of drug-likeness (QED) is 0.516. The number of hydrogen-bond acceptors (Lipinski definition) is 4. The average molecular weight is 228 g/mol. The third-order valence-electron chi connectivity index (χ3n) is 2.16. The lowest BCUT2D eigenvalue weighted by Crippen LogP contribution is -2.19. The average Bonchev–Trinajstić information content (AvgIpc) is 2.19. The highest BCUT2D eigenvalue weighted by molar-refractivity contribution is 5.85. The molecule has 92 valence electrons. The zero-order valence-electron chi connectivity index (χ0n) is 10.4. The summed E-state index contributed by atoms with van der Waals surface area (Å²) < 4.78 is 9.71. The van der Waals surface area contributed by atoms with Gasteiger partial charge in [0, 0.05) is 6.08 Å². The van der Waals surface area contributed by atoms with E-state index in [1.54, 1.807) is 20.8 Å². The molecule has 0 saturated carbocycles. The van der Waals surface area contributed by atoms with E-state index in [0.29, 0.717) is 25.2 Å². The number of rotatable bonds is 6. The van der Waals surface area contributed by atoms with Crippen molar-refractivity contribution in [2.24, 2.45) is 5.92 Å². The molecule has 0 aromatic rings. The third kappa shape index (κ3) is 4.96. The van der Waals surface area contributed by atoms with Gasteiger partial charge < -0.3 is 9.47 Å². The first-order valence-corrected chi connectivity index (χ1v) is 5.58. The van der Waals surface area contributed by atoms with Crippen LogP contribution in [0.3, 0.4) is 0 Å². The molecule has 0 radical (unpaired) electrons. The van der Waals surface area contributed by atoms with Crippen LogP contribution in [0.25, 0.3) is 0 Å². The Hall–Kier alpha value is -1.32. The summed E-state index contributed by atoms with van der Waals surface area (Å²) in [6, 6.07) is 0. The Balaban J connectivity index is 4.57. The molecule has 1 atom stereocenters. The summed E-state index contributed by atoms with van der Waals surface area (Å²) in [7, 11) is 0. The van der Waals surface area contributed by atoms with Gasteiger partial charge in [-0.1, -0.05) is 12.5 Å². The van der Waals surface area contributed by atoms with Crippen molar-refractivity contribution in [3.8, 4) is 0 Å². The molecule has 0 aromatic heterocycles. The van der Waals surface area contributed by atoms with Crippen molar-refractivity contribution >= 4 is 11.9 Å². The first-order valence-electron chi connectivity index (χ1n) is 5.58. The summed E-state index contributed by atoms with van der Waals surface area (Å²) in [6.07, 6.45) is 1.97. The second kappa shape index (κ2) is 7.91. The lowest BCUT2D eigenvalue weighted by atomic mass is 9.97. The first-order chi connectivity index (χ1) is 7.56. The molecular formula is C12H20O4. The Morgan fingerprint density at radius 3 is 2.12 bits per heavy atom. The number of esters is 2. The summed E-state index contributed by atoms with van der Waals surface area (Å²) in [5.74, 6) is -1.06. The summed E-state index contributed by atoms with van der Waals surface area (Å²) in [4.78, 5) is 22.7. The van der Waals surface area contributed by atoms with Crippen LogP contribution in [0.4, 0.5) is 0 Å². The van der Waals surface area contributed by atoms with E-state index in [-0.39, 0.29) is 11.9 Å². The van der Waals surface area contributed by atoms with Gasteiger partial charge in [0.2, 0.25) is 0 Å². The molecular weight excluding hydrogens is 208 g/mol. The molecule has 0 aliphatic rings. The number of hydrogen-bond donors (Lipinski definition) is 0. The van der Waals surface area contributed by atoms with E-state index in [2.05, 4.69) is 0 Å². The van der Waals surface area contributed by atoms with Gasteiger partial charge in [-0.3, -0.25) is 4.79 Å². The first kappa shape index (κ1) is 14.7. The maximum Gasteiger partial charge on any atom is 0.330 e. The molecule has 0 fully saturated rings. The Kier molecular flexibility index (Phi) is 7.25. The van der Waals surface area contributed by atoms with Gasteiger partial charge in [-0.05, 0) is 27.2 Å². The van der Waals surface area contributed by atoms with Crippen LogP contribution in [-0.4, -0.2) is 25.2 Å². The predicted molar refractivity (Wildman–Crippen MR) is 60.8 cm³/mol. The van der Waals surface area contributed by atoms with E-state index < -0.39 is 5.97 Å². The fourth-order valence-electron chi connectivity index (χ4n) is 1.39. The van der Waals surface area contributed by atoms with Crippen LogP contribution >= 0.6 is 0 Å². The van der Waals surface area contributed by atoms with Crippen LogP contribution in [0.15, 0.2) is 11.6 Å². The van der Waals surface area contributed by atoms with Crippen LogP contribution in [0.5, 0.6) is 0 Å². The molecule has 0 aliphatic heterocycles. The zero-order valence-corrected chi connectivity index (χ0v) is 10.4. The minimum atomic E-state index is -0.414. The molecule has 0 aliphatic carbocycles. The van der Waals surface area contributed by atoms with Crippen LogP contribution in [0, 0.1) is 5.92 Å². The van der Waals surface area contributed by atoms with Gasteiger partial charge in [0.15, 0.2) is 0 Å². The van der Waals surface area contributed by atoms with Gasteiger partial charge in [0.1, 0.15) is 0 Å². The van der Waals surface area contributed by atoms with Crippen molar-refractivity contribution in [2.45, 2.75) is 34.1 Å². The third-order valence-corrected chi connectivity index (χ3v) is 2.16. The van der Waals surface area contributed by atoms with Crippen LogP contribution in [-0.2, 0) is 19.1 Å². The molecule has 4 nitrogen and oxygen atoms in total. The van der Waals surface area contributed by atoms with Crippen molar-refractivity contribution < 1.29 is 19.1 Å². The Bertz CT molecular complexity index is 268. The molecule has 1 unspecified atom stereocenters. The largest absolute Gasteiger partial charge is 0.466 e. The topological polar surface area (TPSA) is 52.6 Å². The SMILES string of the molecule is CCOC(=O)C=C(C)C(CC)C(=O)OCC. The standard InChI is InChI=1S/C12H20O4/c1-5-10(12(14)16-7-3)9(4)8-11(13)15-6-2/h8,10H,5-7H2,1-4H3. The Morgan fingerprint density at radius 1 is 1.12 bits per heavy atom. The van der Waals surface area contributed by atoms with Crippen molar-refractivity contribution in [3.05, 3.63) is 11.6 Å². The van der Waals surface area contributed by atoms with Crippen LogP contribution in [0.2, 0.25) is 0 Å². The van der Waals surface area contributed by atoms with E-state index in [1.165, 1.54) is 6.08 Å². The highest BCUT2D eigenvalue weighted by Crippen LogP contribution is 2.16. The predicted octanol–water partition coefficient (Wildman–Crippen LogP) is 2.09. The minimum absolute atomic E-state index is 0.289. The second-order valence-electron chi connectivity index (χ2n) is 3.35. The van der Waals surface area contributed by atoms with Gasteiger partial charge in [-0.15, -0.1) is 0 Å². The van der Waals surface area contributed by atoms with E-state index in [9.17, 15) is 9.59 Å². The highest BCUT2D eigenvalue weighted by Gasteiger charge is 2.20. The highest BCUT2D eigenvalue weighted by atomic mass is 16.5. The number of carbonyl (C=O) groups excluding carboxylic acids is 2. The molecule has 16 heavy (non-hydrogen) atoms. The van der Waals surface area contributed by atoms with E-state index in [4.69, 9.17) is 9.47 Å². The van der Waals surface area contributed by atoms with Gasteiger partial charge in [-0.25, -0.2) is 4.79 Å². The summed E-state index contributed by atoms with van der Waals surface area (Å²) in [5.41, 5.74) is 0.680. The van der Waals surface area contributed by atoms with Gasteiger partial charge in [0.05, 0.1) is 19.1 Å². The molecule has 0 heterocycles. The second-order valence-corrected chi connectivity index (χ2v) is 3.35. The van der Waals surface area contributed by atoms with E-state index in [0.717, 1.165) is 0 Å². The van der Waals surface area contributed by atoms with Crippen LogP contribution in [0.1, 0.15) is 34.1 Å². The molecule has 0 saturated heterocycles. The lowest BCUT2D eigenvalue weighted by Gasteiger charge is -2.13. The smallest absolute Gasteiger partial charge is 0.330 e. The fraction of sp³-hybridized carbons (Fsp3) is 0.667. The minimum Gasteiger partial charge on any atom is -0.466 e. The van der Waals surface area contributed by atoms with Crippen molar-refractivity contribution in [2.75, 3.05) is 13.2 Å². The summed E-state index contributed by atoms with van der Waals surface area (Å²) in [6.45, 7) is 7.80. The summed E-state index contributed by atoms with van der Waals surface area (Å²) >= 11 is 0. The molecule has 0 rings (SSSR count). The lowest BCUT2D eigenvalue weighted by molar-refractivity contribution is -0.146. The van der Waals surface area contributed by atoms with Gasteiger partial charge in [0.25, 0.3) is 0 Å². The molecule has 0 spiro atoms. The van der Waals surface area contributed by atoms with Crippen molar-refractivity contribution in [1.29, 1.82) is 0 Å². The molecule has 0 aromatic carbocycles. The number of ether oxygens (including phenoxy) is 2. The number of carbonyl (C=O) groups is 2. The van der Waals surface area contributed by atoms with Gasteiger partial charge in [-0.2, -0.15) is 0 Å². The zero-order chi connectivity index (χ0) is 12.6. The van der Waals surface area contributed by atoms with Crippen LogP contribution < -0.4 is 0 Å². The van der Waals surface area contributed by atoms with Crippen molar-refractivity contribution in [3.63, 3.8) is 0 Å². The molecule has 0 bridgehead atoms. The molecule has 4 heteroatoms. The molecule has 0 amide bonds. The maximum atomic E-state index is 11.5. The Labute approximate surface area is 96.6 Å². The fourth-order valence-corrected chi connectivity index (χ4v) is 1.39. The maximum absolute atomic E-state index is 11.5. The normalized spacial score (nSPS) is 13.1. The van der Waals surface area contributed by atoms with Crippen molar-refractivity contribution in [1.82, 2.24) is 0 Å². The monoisotopic (exact) mass is 228 g/mol. The summed E-state index contributed by atoms with van der Waals surface area (Å²) in [5, 5.41) is 0. The Morgan fingerprint density at radius 2 is 1.69 bits per heavy atom.